The van der Waals surface area contributed by atoms with Crippen molar-refractivity contribution in [2.24, 2.45) is 0 Å². The van der Waals surface area contributed by atoms with Gasteiger partial charge in [0.05, 0.1) is 0 Å². The van der Waals surface area contributed by atoms with Gasteiger partial charge >= 0.3 is 0 Å². The smallest absolute Gasteiger partial charge is 0.115 e. The van der Waals surface area contributed by atoms with Crippen LogP contribution in [-0.2, 0) is 0 Å². The molecule has 0 fully saturated rings. The molecule has 0 spiro atoms. The van der Waals surface area contributed by atoms with E-state index in [0.29, 0.717) is 0 Å². The van der Waals surface area contributed by atoms with Crippen molar-refractivity contribution in [3.05, 3.63) is 146 Å². The van der Waals surface area contributed by atoms with Crippen molar-refractivity contribution < 1.29 is 0 Å². The molecule has 2 heteroatoms. The standard InChI is InChI=1S/C38H24N2/c1-3-9-27-19-30(15-13-25(27)7-1)37-33-11-5-6-12-34(33)38(31-16-14-26-8-2-4-10-28(26)20-31)36-21-29(17-18-35(36)37)32-22-39-24-40-23-32/h1-24H. The van der Waals surface area contributed by atoms with Crippen LogP contribution >= 0.6 is 0 Å². The number of hydrogen-bond acceptors (Lipinski definition) is 2. The lowest BCUT2D eigenvalue weighted by molar-refractivity contribution is 1.17. The van der Waals surface area contributed by atoms with Crippen LogP contribution in [0.4, 0.5) is 0 Å². The van der Waals surface area contributed by atoms with Gasteiger partial charge in [0.15, 0.2) is 0 Å². The van der Waals surface area contributed by atoms with Gasteiger partial charge in [-0.15, -0.1) is 0 Å². The molecule has 8 rings (SSSR count). The van der Waals surface area contributed by atoms with Gasteiger partial charge in [0.1, 0.15) is 6.33 Å². The third kappa shape index (κ3) is 3.65. The van der Waals surface area contributed by atoms with Gasteiger partial charge in [-0.05, 0) is 89.1 Å². The molecule has 0 aliphatic heterocycles. The average molecular weight is 509 g/mol. The Kier molecular flexibility index (Phi) is 5.17. The zero-order chi connectivity index (χ0) is 26.5. The van der Waals surface area contributed by atoms with E-state index in [9.17, 15) is 0 Å². The second kappa shape index (κ2) is 9.14. The van der Waals surface area contributed by atoms with Crippen LogP contribution < -0.4 is 0 Å². The SMILES string of the molecule is c1ccc2cc(-c3c4ccccc4c(-c4ccc5ccccc5c4)c4cc(-c5cncnc5)ccc34)ccc2c1. The fraction of sp³-hybridized carbons (Fsp3) is 0. The summed E-state index contributed by atoms with van der Waals surface area (Å²) >= 11 is 0. The predicted octanol–water partition coefficient (Wildman–Crippen LogP) is 10.1. The maximum absolute atomic E-state index is 4.29. The predicted molar refractivity (Wildman–Crippen MR) is 168 cm³/mol. The van der Waals surface area contributed by atoms with Crippen molar-refractivity contribution in [2.75, 3.05) is 0 Å². The van der Waals surface area contributed by atoms with E-state index in [4.69, 9.17) is 0 Å². The van der Waals surface area contributed by atoms with Crippen LogP contribution in [0.2, 0.25) is 0 Å². The van der Waals surface area contributed by atoms with Crippen molar-refractivity contribution in [2.45, 2.75) is 0 Å². The van der Waals surface area contributed by atoms with Crippen LogP contribution in [0.25, 0.3) is 76.5 Å². The van der Waals surface area contributed by atoms with Crippen molar-refractivity contribution in [1.29, 1.82) is 0 Å². The van der Waals surface area contributed by atoms with Crippen molar-refractivity contribution in [1.82, 2.24) is 9.97 Å². The van der Waals surface area contributed by atoms with E-state index in [-0.39, 0.29) is 0 Å². The molecule has 40 heavy (non-hydrogen) atoms. The first-order valence-corrected chi connectivity index (χ1v) is 13.6. The van der Waals surface area contributed by atoms with Crippen LogP contribution in [0.5, 0.6) is 0 Å². The third-order valence-corrected chi connectivity index (χ3v) is 7.99. The molecular formula is C38H24N2. The second-order valence-corrected chi connectivity index (χ2v) is 10.3. The number of aromatic nitrogens is 2. The second-order valence-electron chi connectivity index (χ2n) is 10.3. The Morgan fingerprint density at radius 3 is 1.40 bits per heavy atom. The Labute approximate surface area is 232 Å². The topological polar surface area (TPSA) is 25.8 Å². The van der Waals surface area contributed by atoms with E-state index in [1.165, 1.54) is 65.3 Å². The zero-order valence-electron chi connectivity index (χ0n) is 21.8. The summed E-state index contributed by atoms with van der Waals surface area (Å²) in [5.74, 6) is 0. The highest BCUT2D eigenvalue weighted by Crippen LogP contribution is 2.45. The molecule has 0 bridgehead atoms. The minimum absolute atomic E-state index is 1.01. The van der Waals surface area contributed by atoms with E-state index in [1.807, 2.05) is 12.4 Å². The summed E-state index contributed by atoms with van der Waals surface area (Å²) in [7, 11) is 0. The molecular weight excluding hydrogens is 484 g/mol. The molecule has 186 valence electrons. The van der Waals surface area contributed by atoms with Crippen LogP contribution in [0.15, 0.2) is 146 Å². The van der Waals surface area contributed by atoms with Crippen LogP contribution in [-0.4, -0.2) is 9.97 Å². The Hall–Kier alpha value is -5.34. The van der Waals surface area contributed by atoms with Gasteiger partial charge in [-0.2, -0.15) is 0 Å². The summed E-state index contributed by atoms with van der Waals surface area (Å²) in [5, 5.41) is 9.93. The molecule has 8 aromatic rings. The molecule has 1 heterocycles. The molecule has 0 amide bonds. The highest BCUT2D eigenvalue weighted by atomic mass is 14.8. The van der Waals surface area contributed by atoms with Crippen molar-refractivity contribution in [3.8, 4) is 33.4 Å². The summed E-state index contributed by atoms with van der Waals surface area (Å²) in [6, 6.07) is 46.4. The molecule has 1 aromatic heterocycles. The van der Waals surface area contributed by atoms with E-state index in [1.54, 1.807) is 6.33 Å². The van der Waals surface area contributed by atoms with E-state index in [0.717, 1.165) is 11.1 Å². The number of hydrogen-bond donors (Lipinski definition) is 0. The quantitative estimate of drug-likeness (QED) is 0.222. The fourth-order valence-electron chi connectivity index (χ4n) is 6.12. The lowest BCUT2D eigenvalue weighted by Gasteiger charge is -2.19. The molecule has 0 saturated carbocycles. The first kappa shape index (κ1) is 22.6. The molecule has 0 radical (unpaired) electrons. The highest BCUT2D eigenvalue weighted by Gasteiger charge is 2.18. The Bertz CT molecular complexity index is 2210. The molecule has 0 aliphatic rings. The Balaban J connectivity index is 1.51. The highest BCUT2D eigenvalue weighted by molar-refractivity contribution is 6.22. The molecule has 0 N–H and O–H groups in total. The number of fused-ring (bicyclic) bond motifs is 4. The van der Waals surface area contributed by atoms with E-state index < -0.39 is 0 Å². The molecule has 0 saturated heterocycles. The van der Waals surface area contributed by atoms with Crippen molar-refractivity contribution >= 4 is 43.1 Å². The molecule has 0 atom stereocenters. The Morgan fingerprint density at radius 1 is 0.325 bits per heavy atom. The first-order chi connectivity index (χ1) is 19.8. The summed E-state index contributed by atoms with van der Waals surface area (Å²) in [5.41, 5.74) is 7.06. The maximum Gasteiger partial charge on any atom is 0.115 e. The van der Waals surface area contributed by atoms with Gasteiger partial charge in [0, 0.05) is 18.0 Å². The molecule has 7 aromatic carbocycles. The number of nitrogens with zero attached hydrogens (tertiary/aromatic N) is 2. The van der Waals surface area contributed by atoms with Crippen LogP contribution in [0.1, 0.15) is 0 Å². The van der Waals surface area contributed by atoms with Crippen LogP contribution in [0.3, 0.4) is 0 Å². The number of rotatable bonds is 3. The van der Waals surface area contributed by atoms with Gasteiger partial charge in [0.2, 0.25) is 0 Å². The van der Waals surface area contributed by atoms with E-state index in [2.05, 4.69) is 137 Å². The summed E-state index contributed by atoms with van der Waals surface area (Å²) in [4.78, 5) is 8.58. The normalized spacial score (nSPS) is 11.5. The minimum Gasteiger partial charge on any atom is -0.244 e. The first-order valence-electron chi connectivity index (χ1n) is 13.6. The summed E-state index contributed by atoms with van der Waals surface area (Å²) < 4.78 is 0. The lowest BCUT2D eigenvalue weighted by Crippen LogP contribution is -1.92. The fourth-order valence-corrected chi connectivity index (χ4v) is 6.12. The molecule has 0 aliphatic carbocycles. The van der Waals surface area contributed by atoms with Crippen molar-refractivity contribution in [3.63, 3.8) is 0 Å². The van der Waals surface area contributed by atoms with Gasteiger partial charge in [-0.25, -0.2) is 9.97 Å². The third-order valence-electron chi connectivity index (χ3n) is 7.99. The monoisotopic (exact) mass is 508 g/mol. The van der Waals surface area contributed by atoms with Gasteiger partial charge in [0.25, 0.3) is 0 Å². The van der Waals surface area contributed by atoms with Gasteiger partial charge < -0.3 is 0 Å². The summed E-state index contributed by atoms with van der Waals surface area (Å²) in [6.45, 7) is 0. The van der Waals surface area contributed by atoms with E-state index >= 15 is 0 Å². The maximum atomic E-state index is 4.29. The van der Waals surface area contributed by atoms with Gasteiger partial charge in [-0.3, -0.25) is 0 Å². The Morgan fingerprint density at radius 2 is 0.800 bits per heavy atom. The summed E-state index contributed by atoms with van der Waals surface area (Å²) in [6.07, 6.45) is 5.35. The molecule has 0 unspecified atom stereocenters. The van der Waals surface area contributed by atoms with Gasteiger partial charge in [-0.1, -0.05) is 109 Å². The number of benzene rings is 7. The zero-order valence-corrected chi connectivity index (χ0v) is 21.8. The minimum atomic E-state index is 1.01. The molecule has 2 nitrogen and oxygen atoms in total. The largest absolute Gasteiger partial charge is 0.244 e. The lowest BCUT2D eigenvalue weighted by atomic mass is 9.84. The average Bonchev–Trinajstić information content (AvgIpc) is 3.03. The van der Waals surface area contributed by atoms with Crippen LogP contribution in [0, 0.1) is 0 Å².